The Balaban J connectivity index is 1.53. The second kappa shape index (κ2) is 9.48. The van der Waals surface area contributed by atoms with Crippen LogP contribution in [-0.2, 0) is 4.74 Å². The van der Waals surface area contributed by atoms with Gasteiger partial charge in [-0.15, -0.1) is 0 Å². The number of aromatic amines is 1. The Labute approximate surface area is 203 Å². The van der Waals surface area contributed by atoms with Crippen LogP contribution in [0.25, 0.3) is 22.2 Å². The Morgan fingerprint density at radius 3 is 2.82 bits per heavy atom. The maximum atomic E-state index is 10.5. The van der Waals surface area contributed by atoms with Crippen LogP contribution >= 0.6 is 11.6 Å². The van der Waals surface area contributed by atoms with Crippen molar-refractivity contribution in [2.75, 3.05) is 12.0 Å². The summed E-state index contributed by atoms with van der Waals surface area (Å²) in [7, 11) is 1.57. The van der Waals surface area contributed by atoms with Gasteiger partial charge in [-0.1, -0.05) is 53.8 Å². The molecule has 1 aliphatic heterocycles. The summed E-state index contributed by atoms with van der Waals surface area (Å²) >= 11 is 6.56. The largest absolute Gasteiger partial charge is 0.508 e. The van der Waals surface area contributed by atoms with Crippen molar-refractivity contribution in [3.8, 4) is 23.0 Å². The monoisotopic (exact) mass is 467 g/mol. The van der Waals surface area contributed by atoms with Crippen LogP contribution < -0.4 is 4.90 Å². The van der Waals surface area contributed by atoms with Crippen molar-refractivity contribution in [1.29, 1.82) is 0 Å². The molecule has 34 heavy (non-hydrogen) atoms. The zero-order valence-corrected chi connectivity index (χ0v) is 19.3. The van der Waals surface area contributed by atoms with Crippen molar-refractivity contribution in [3.63, 3.8) is 0 Å². The molecule has 5 rings (SSSR count). The molecule has 1 aliphatic rings. The standard InChI is InChI=1S/C28H22ClN3O2/c1-34-26-16-22(11-5-9-19-7-3-2-4-8-19)32(18-25(26)33)21-12-6-10-20(15-21)27-23-13-14-30-28(23)31-17-24(27)29/h2-4,6-8,10,12-18,26,33H,11H2,1H3,(H,30,31). The normalized spacial score (nSPS) is 15.5. The van der Waals surface area contributed by atoms with E-state index in [0.717, 1.165) is 39.1 Å². The number of hydrogen-bond donors (Lipinski definition) is 2. The molecule has 2 aromatic heterocycles. The summed E-state index contributed by atoms with van der Waals surface area (Å²) in [4.78, 5) is 9.44. The van der Waals surface area contributed by atoms with Crippen LogP contribution in [-0.4, -0.2) is 28.3 Å². The number of aliphatic hydroxyl groups is 1. The lowest BCUT2D eigenvalue weighted by Crippen LogP contribution is -2.26. The van der Waals surface area contributed by atoms with Gasteiger partial charge >= 0.3 is 0 Å². The number of pyridine rings is 1. The molecule has 5 nitrogen and oxygen atoms in total. The number of ether oxygens (including phenoxy) is 1. The van der Waals surface area contributed by atoms with E-state index in [2.05, 4.69) is 21.8 Å². The second-order valence-corrected chi connectivity index (χ2v) is 8.26. The van der Waals surface area contributed by atoms with Crippen LogP contribution in [0.1, 0.15) is 12.0 Å². The smallest absolute Gasteiger partial charge is 0.142 e. The number of benzene rings is 2. The third kappa shape index (κ3) is 4.29. The molecule has 2 N–H and O–H groups in total. The number of fused-ring (bicyclic) bond motifs is 1. The van der Waals surface area contributed by atoms with Gasteiger partial charge in [0.05, 0.1) is 5.02 Å². The highest BCUT2D eigenvalue weighted by Gasteiger charge is 2.23. The summed E-state index contributed by atoms with van der Waals surface area (Å²) < 4.78 is 5.43. The van der Waals surface area contributed by atoms with Gasteiger partial charge in [-0.2, -0.15) is 0 Å². The second-order valence-electron chi connectivity index (χ2n) is 7.85. The van der Waals surface area contributed by atoms with E-state index in [9.17, 15) is 5.11 Å². The van der Waals surface area contributed by atoms with Crippen LogP contribution in [0.3, 0.4) is 0 Å². The van der Waals surface area contributed by atoms with E-state index in [-0.39, 0.29) is 5.76 Å². The van der Waals surface area contributed by atoms with E-state index in [0.29, 0.717) is 11.4 Å². The van der Waals surface area contributed by atoms with E-state index in [1.807, 2.05) is 77.8 Å². The number of rotatable bonds is 4. The van der Waals surface area contributed by atoms with Crippen LogP contribution in [0, 0.1) is 11.8 Å². The first kappa shape index (κ1) is 21.8. The van der Waals surface area contributed by atoms with Gasteiger partial charge in [0.25, 0.3) is 0 Å². The summed E-state index contributed by atoms with van der Waals surface area (Å²) in [5, 5.41) is 12.1. The van der Waals surface area contributed by atoms with Gasteiger partial charge in [-0.25, -0.2) is 4.98 Å². The molecule has 6 heteroatoms. The molecule has 0 saturated carbocycles. The van der Waals surface area contributed by atoms with Crippen molar-refractivity contribution in [3.05, 3.63) is 107 Å². The van der Waals surface area contributed by atoms with Crippen molar-refractivity contribution in [2.45, 2.75) is 12.5 Å². The predicted molar refractivity (Wildman–Crippen MR) is 137 cm³/mol. The SMILES string of the molecule is COC1C=C(CC#Cc2ccccc2)N(c2cccc(-c3c(Cl)cnc4[nH]ccc34)c2)C=C1O. The third-order valence-corrected chi connectivity index (χ3v) is 5.98. The zero-order chi connectivity index (χ0) is 23.5. The molecule has 0 fully saturated rings. The van der Waals surface area contributed by atoms with Crippen LogP contribution in [0.5, 0.6) is 0 Å². The summed E-state index contributed by atoms with van der Waals surface area (Å²) in [5.41, 5.74) is 5.38. The van der Waals surface area contributed by atoms with E-state index >= 15 is 0 Å². The molecule has 1 unspecified atom stereocenters. The van der Waals surface area contributed by atoms with Crippen LogP contribution in [0.15, 0.2) is 96.8 Å². The average molecular weight is 468 g/mol. The number of hydrogen-bond acceptors (Lipinski definition) is 4. The van der Waals surface area contributed by atoms with Crippen molar-refractivity contribution >= 4 is 28.3 Å². The minimum absolute atomic E-state index is 0.127. The first-order chi connectivity index (χ1) is 16.6. The number of methoxy groups -OCH3 is 1. The Kier molecular flexibility index (Phi) is 6.09. The highest BCUT2D eigenvalue weighted by atomic mass is 35.5. The number of aromatic nitrogens is 2. The predicted octanol–water partition coefficient (Wildman–Crippen LogP) is 6.44. The van der Waals surface area contributed by atoms with Gasteiger partial charge < -0.3 is 19.7 Å². The number of allylic oxidation sites excluding steroid dienone is 1. The minimum Gasteiger partial charge on any atom is -0.508 e. The number of nitrogens with one attached hydrogen (secondary N) is 1. The van der Waals surface area contributed by atoms with E-state index in [1.165, 1.54) is 0 Å². The topological polar surface area (TPSA) is 61.4 Å². The molecular formula is C28H22ClN3O2. The van der Waals surface area contributed by atoms with Gasteiger partial charge in [-0.05, 0) is 42.0 Å². The molecule has 0 spiro atoms. The van der Waals surface area contributed by atoms with Crippen molar-refractivity contribution < 1.29 is 9.84 Å². The molecule has 1 atom stereocenters. The fourth-order valence-electron chi connectivity index (χ4n) is 4.05. The quantitative estimate of drug-likeness (QED) is 0.339. The van der Waals surface area contributed by atoms with Crippen molar-refractivity contribution in [2.24, 2.45) is 0 Å². The number of H-pyrrole nitrogens is 1. The Morgan fingerprint density at radius 2 is 2.00 bits per heavy atom. The number of nitrogens with zero attached hydrogens (tertiary/aromatic N) is 2. The first-order valence-corrected chi connectivity index (χ1v) is 11.2. The van der Waals surface area contributed by atoms with E-state index in [1.54, 1.807) is 19.5 Å². The maximum Gasteiger partial charge on any atom is 0.142 e. The number of aliphatic hydroxyl groups excluding tert-OH is 1. The molecule has 0 bridgehead atoms. The lowest BCUT2D eigenvalue weighted by molar-refractivity contribution is 0.125. The van der Waals surface area contributed by atoms with Gasteiger partial charge in [0, 0.05) is 60.0 Å². The number of anilines is 1. The van der Waals surface area contributed by atoms with E-state index in [4.69, 9.17) is 16.3 Å². The Bertz CT molecular complexity index is 1460. The Morgan fingerprint density at radius 1 is 1.15 bits per heavy atom. The number of halogens is 1. The molecule has 4 aromatic rings. The molecule has 0 amide bonds. The first-order valence-electron chi connectivity index (χ1n) is 10.8. The molecule has 3 heterocycles. The van der Waals surface area contributed by atoms with Gasteiger partial charge in [0.1, 0.15) is 17.5 Å². The Hall–Kier alpha value is -3.98. The molecular weight excluding hydrogens is 446 g/mol. The van der Waals surface area contributed by atoms with Gasteiger partial charge in [-0.3, -0.25) is 0 Å². The third-order valence-electron chi connectivity index (χ3n) is 5.69. The fraction of sp³-hybridized carbons (Fsp3) is 0.107. The molecule has 0 aliphatic carbocycles. The maximum absolute atomic E-state index is 10.5. The molecule has 0 radical (unpaired) electrons. The fourth-order valence-corrected chi connectivity index (χ4v) is 4.31. The highest BCUT2D eigenvalue weighted by molar-refractivity contribution is 6.34. The molecule has 0 saturated heterocycles. The lowest BCUT2D eigenvalue weighted by Gasteiger charge is -2.29. The van der Waals surface area contributed by atoms with Crippen LogP contribution in [0.2, 0.25) is 5.02 Å². The van der Waals surface area contributed by atoms with E-state index < -0.39 is 6.10 Å². The highest BCUT2D eigenvalue weighted by Crippen LogP contribution is 2.37. The summed E-state index contributed by atoms with van der Waals surface area (Å²) in [5.74, 6) is 6.57. The lowest BCUT2D eigenvalue weighted by atomic mass is 10.0. The molecule has 168 valence electrons. The average Bonchev–Trinajstić information content (AvgIpc) is 3.34. The zero-order valence-electron chi connectivity index (χ0n) is 18.5. The van der Waals surface area contributed by atoms with Crippen LogP contribution in [0.4, 0.5) is 5.69 Å². The summed E-state index contributed by atoms with van der Waals surface area (Å²) in [6.45, 7) is 0. The summed E-state index contributed by atoms with van der Waals surface area (Å²) in [6.07, 6.45) is 7.06. The minimum atomic E-state index is -0.512. The molecule has 2 aromatic carbocycles. The van der Waals surface area contributed by atoms with Gasteiger partial charge in [0.2, 0.25) is 0 Å². The van der Waals surface area contributed by atoms with Gasteiger partial charge in [0.15, 0.2) is 0 Å². The van der Waals surface area contributed by atoms with Crippen molar-refractivity contribution in [1.82, 2.24) is 9.97 Å². The summed E-state index contributed by atoms with van der Waals surface area (Å²) in [6, 6.07) is 19.9.